The van der Waals surface area contributed by atoms with Crippen LogP contribution in [0, 0.1) is 16.7 Å². The van der Waals surface area contributed by atoms with Crippen LogP contribution in [0.3, 0.4) is 0 Å². The Kier molecular flexibility index (Phi) is 4.65. The highest BCUT2D eigenvalue weighted by Crippen LogP contribution is 2.41. The quantitative estimate of drug-likeness (QED) is 0.743. The number of urea groups is 1. The molecular formula is C20H18BrN3O. The lowest BCUT2D eigenvalue weighted by molar-refractivity contribution is 0.255. The number of nitrogens with one attached hydrogen (secondary N) is 2. The minimum atomic E-state index is -0.367. The van der Waals surface area contributed by atoms with Crippen LogP contribution in [0.15, 0.2) is 58.6 Å². The third-order valence-corrected chi connectivity index (χ3v) is 4.77. The fraction of sp³-hybridized carbons (Fsp3) is 0.200. The number of amides is 2. The van der Waals surface area contributed by atoms with Gasteiger partial charge in [-0.2, -0.15) is 5.26 Å². The largest absolute Gasteiger partial charge is 0.323 e. The topological polar surface area (TPSA) is 64.9 Å². The molecule has 0 aromatic heterocycles. The number of carbonyl (C=O) groups excluding carboxylic acids is 1. The number of rotatable bonds is 2. The minimum absolute atomic E-state index is 0.332. The van der Waals surface area contributed by atoms with E-state index >= 15 is 0 Å². The van der Waals surface area contributed by atoms with Gasteiger partial charge < -0.3 is 10.6 Å². The van der Waals surface area contributed by atoms with Crippen LogP contribution in [0.4, 0.5) is 10.5 Å². The number of nitrogens with zero attached hydrogens (tertiary/aromatic N) is 1. The number of nitriles is 1. The van der Waals surface area contributed by atoms with E-state index in [1.54, 1.807) is 0 Å². The van der Waals surface area contributed by atoms with Gasteiger partial charge >= 0.3 is 6.03 Å². The van der Waals surface area contributed by atoms with Crippen molar-refractivity contribution >= 4 is 33.3 Å². The van der Waals surface area contributed by atoms with Gasteiger partial charge in [0, 0.05) is 21.1 Å². The number of halogens is 1. The molecule has 0 bridgehead atoms. The highest BCUT2D eigenvalue weighted by Gasteiger charge is 2.34. The zero-order valence-corrected chi connectivity index (χ0v) is 15.6. The molecule has 5 heteroatoms. The molecule has 0 saturated carbocycles. The van der Waals surface area contributed by atoms with E-state index in [9.17, 15) is 10.1 Å². The summed E-state index contributed by atoms with van der Waals surface area (Å²) in [7, 11) is 0. The van der Waals surface area contributed by atoms with Crippen molar-refractivity contribution in [1.29, 1.82) is 5.26 Å². The number of hydrogen-bond acceptors (Lipinski definition) is 2. The summed E-state index contributed by atoms with van der Waals surface area (Å²) in [6, 6.07) is 17.2. The summed E-state index contributed by atoms with van der Waals surface area (Å²) in [4.78, 5) is 12.5. The first kappa shape index (κ1) is 17.2. The summed E-state index contributed by atoms with van der Waals surface area (Å²) in [5.41, 5.74) is 3.56. The summed E-state index contributed by atoms with van der Waals surface area (Å²) in [5.74, 6) is 0. The lowest BCUT2D eigenvalue weighted by Gasteiger charge is -2.33. The molecule has 0 fully saturated rings. The van der Waals surface area contributed by atoms with Gasteiger partial charge in [-0.25, -0.2) is 4.79 Å². The predicted molar refractivity (Wildman–Crippen MR) is 103 cm³/mol. The highest BCUT2D eigenvalue weighted by molar-refractivity contribution is 9.10. The van der Waals surface area contributed by atoms with Gasteiger partial charge in [-0.1, -0.05) is 60.1 Å². The monoisotopic (exact) mass is 395 g/mol. The van der Waals surface area contributed by atoms with Gasteiger partial charge in [0.05, 0.1) is 17.3 Å². The summed E-state index contributed by atoms with van der Waals surface area (Å²) in [6.45, 7) is 4.05. The average molecular weight is 396 g/mol. The van der Waals surface area contributed by atoms with E-state index in [0.29, 0.717) is 17.0 Å². The number of benzene rings is 2. The molecule has 0 aliphatic heterocycles. The van der Waals surface area contributed by atoms with Crippen LogP contribution < -0.4 is 10.6 Å². The fourth-order valence-electron chi connectivity index (χ4n) is 3.14. The van der Waals surface area contributed by atoms with E-state index in [1.165, 1.54) is 0 Å². The standard InChI is InChI=1S/C20H18BrN3O/c1-20(2)11-13-6-3-4-9-16(13)18(17(20)12-22)24-19(25)23-15-8-5-7-14(21)10-15/h3-10H,11H2,1-2H3,(H2,23,24,25). The van der Waals surface area contributed by atoms with Crippen LogP contribution in [0.25, 0.3) is 5.70 Å². The van der Waals surface area contributed by atoms with E-state index in [4.69, 9.17) is 0 Å². The van der Waals surface area contributed by atoms with Crippen LogP contribution in [-0.2, 0) is 6.42 Å². The maximum atomic E-state index is 12.5. The van der Waals surface area contributed by atoms with Crippen molar-refractivity contribution < 1.29 is 4.79 Å². The van der Waals surface area contributed by atoms with Crippen LogP contribution >= 0.6 is 15.9 Å². The maximum absolute atomic E-state index is 12.5. The van der Waals surface area contributed by atoms with Crippen LogP contribution in [0.5, 0.6) is 0 Å². The minimum Gasteiger partial charge on any atom is -0.308 e. The maximum Gasteiger partial charge on any atom is 0.323 e. The lowest BCUT2D eigenvalue weighted by Crippen LogP contribution is -2.34. The number of fused-ring (bicyclic) bond motifs is 1. The van der Waals surface area contributed by atoms with Gasteiger partial charge in [-0.05, 0) is 30.2 Å². The van der Waals surface area contributed by atoms with Gasteiger partial charge in [0.2, 0.25) is 0 Å². The smallest absolute Gasteiger partial charge is 0.308 e. The van der Waals surface area contributed by atoms with Crippen molar-refractivity contribution in [2.45, 2.75) is 20.3 Å². The Bertz CT molecular complexity index is 909. The molecule has 0 spiro atoms. The predicted octanol–water partition coefficient (Wildman–Crippen LogP) is 5.09. The molecule has 1 aliphatic carbocycles. The summed E-state index contributed by atoms with van der Waals surface area (Å²) < 4.78 is 0.881. The normalized spacial score (nSPS) is 15.1. The molecule has 4 nitrogen and oxygen atoms in total. The molecule has 0 radical (unpaired) electrons. The third-order valence-electron chi connectivity index (χ3n) is 4.28. The van der Waals surface area contributed by atoms with E-state index in [1.807, 2.05) is 62.4 Å². The first-order chi connectivity index (χ1) is 11.9. The van der Waals surface area contributed by atoms with Crippen molar-refractivity contribution in [3.8, 4) is 6.07 Å². The second-order valence-electron chi connectivity index (χ2n) is 6.67. The Balaban J connectivity index is 1.94. The second-order valence-corrected chi connectivity index (χ2v) is 7.58. The van der Waals surface area contributed by atoms with E-state index in [2.05, 4.69) is 32.6 Å². The van der Waals surface area contributed by atoms with Gasteiger partial charge in [-0.15, -0.1) is 0 Å². The van der Waals surface area contributed by atoms with E-state index in [-0.39, 0.29) is 11.4 Å². The average Bonchev–Trinajstić information content (AvgIpc) is 2.54. The third kappa shape index (κ3) is 3.59. The lowest BCUT2D eigenvalue weighted by atomic mass is 9.72. The van der Waals surface area contributed by atoms with Gasteiger partial charge in [-0.3, -0.25) is 0 Å². The molecular weight excluding hydrogens is 378 g/mol. The summed E-state index contributed by atoms with van der Waals surface area (Å²) >= 11 is 3.38. The molecule has 126 valence electrons. The number of allylic oxidation sites excluding steroid dienone is 1. The number of hydrogen-bond donors (Lipinski definition) is 2. The van der Waals surface area contributed by atoms with Gasteiger partial charge in [0.1, 0.15) is 0 Å². The molecule has 3 rings (SSSR count). The first-order valence-corrected chi connectivity index (χ1v) is 8.77. The van der Waals surface area contributed by atoms with Crippen molar-refractivity contribution in [2.24, 2.45) is 5.41 Å². The summed E-state index contributed by atoms with van der Waals surface area (Å²) in [5, 5.41) is 15.4. The van der Waals surface area contributed by atoms with Crippen molar-refractivity contribution in [3.63, 3.8) is 0 Å². The molecule has 0 unspecified atom stereocenters. The molecule has 0 atom stereocenters. The van der Waals surface area contributed by atoms with Gasteiger partial charge in [0.25, 0.3) is 0 Å². The Morgan fingerprint density at radius 3 is 2.64 bits per heavy atom. The first-order valence-electron chi connectivity index (χ1n) is 7.97. The van der Waals surface area contributed by atoms with Crippen molar-refractivity contribution in [3.05, 3.63) is 69.7 Å². The molecule has 2 amide bonds. The molecule has 2 N–H and O–H groups in total. The van der Waals surface area contributed by atoms with Crippen LogP contribution in [0.2, 0.25) is 0 Å². The molecule has 2 aromatic carbocycles. The van der Waals surface area contributed by atoms with Crippen LogP contribution in [-0.4, -0.2) is 6.03 Å². The Labute approximate surface area is 155 Å². The van der Waals surface area contributed by atoms with Crippen molar-refractivity contribution in [2.75, 3.05) is 5.32 Å². The Morgan fingerprint density at radius 2 is 1.92 bits per heavy atom. The highest BCUT2D eigenvalue weighted by atomic mass is 79.9. The molecule has 25 heavy (non-hydrogen) atoms. The van der Waals surface area contributed by atoms with E-state index < -0.39 is 0 Å². The number of carbonyl (C=O) groups is 1. The Morgan fingerprint density at radius 1 is 1.16 bits per heavy atom. The second kappa shape index (κ2) is 6.73. The fourth-order valence-corrected chi connectivity index (χ4v) is 3.53. The Hall–Kier alpha value is -2.58. The zero-order valence-electron chi connectivity index (χ0n) is 14.1. The molecule has 0 heterocycles. The SMILES string of the molecule is CC1(C)Cc2ccccc2C(NC(=O)Nc2cccc(Br)c2)=C1C#N. The van der Waals surface area contributed by atoms with E-state index in [0.717, 1.165) is 22.0 Å². The molecule has 1 aliphatic rings. The van der Waals surface area contributed by atoms with Gasteiger partial charge in [0.15, 0.2) is 0 Å². The van der Waals surface area contributed by atoms with Crippen molar-refractivity contribution in [1.82, 2.24) is 5.32 Å². The molecule has 0 saturated heterocycles. The zero-order chi connectivity index (χ0) is 18.0. The number of anilines is 1. The summed E-state index contributed by atoms with van der Waals surface area (Å²) in [6.07, 6.45) is 0.768. The molecule has 2 aromatic rings. The van der Waals surface area contributed by atoms with Crippen LogP contribution in [0.1, 0.15) is 25.0 Å².